The van der Waals surface area contributed by atoms with Crippen molar-refractivity contribution in [2.45, 2.75) is 52.1 Å². The molecule has 0 amide bonds. The van der Waals surface area contributed by atoms with Gasteiger partial charge in [-0.2, -0.15) is 0 Å². The molecule has 0 aromatic heterocycles. The Kier molecular flexibility index (Phi) is 6.07. The van der Waals surface area contributed by atoms with E-state index < -0.39 is 6.10 Å². The van der Waals surface area contributed by atoms with Gasteiger partial charge in [0.25, 0.3) is 0 Å². The van der Waals surface area contributed by atoms with Crippen LogP contribution in [0.5, 0.6) is 5.75 Å². The van der Waals surface area contributed by atoms with Gasteiger partial charge >= 0.3 is 0 Å². The fourth-order valence-electron chi connectivity index (χ4n) is 3.07. The molecule has 0 aliphatic carbocycles. The Morgan fingerprint density at radius 2 is 1.90 bits per heavy atom. The monoisotopic (exact) mass is 291 g/mol. The Morgan fingerprint density at radius 1 is 1.19 bits per heavy atom. The normalized spacial score (nSPS) is 18.0. The maximum Gasteiger partial charge on any atom is 0.119 e. The SMILES string of the molecule is Cc1cc(OC[C@H](O)CN2CCCCC2)ccc1C(C)C. The van der Waals surface area contributed by atoms with Crippen molar-refractivity contribution >= 4 is 0 Å². The van der Waals surface area contributed by atoms with Crippen molar-refractivity contribution in [1.29, 1.82) is 0 Å². The van der Waals surface area contributed by atoms with Crippen molar-refractivity contribution in [3.8, 4) is 5.75 Å². The van der Waals surface area contributed by atoms with Gasteiger partial charge in [-0.05, 0) is 62.0 Å². The van der Waals surface area contributed by atoms with E-state index in [-0.39, 0.29) is 0 Å². The van der Waals surface area contributed by atoms with E-state index in [4.69, 9.17) is 4.74 Å². The molecule has 0 radical (unpaired) electrons. The minimum atomic E-state index is -0.409. The number of hydrogen-bond acceptors (Lipinski definition) is 3. The molecule has 1 heterocycles. The number of ether oxygens (including phenoxy) is 1. The van der Waals surface area contributed by atoms with E-state index in [1.165, 1.54) is 30.4 Å². The molecule has 3 heteroatoms. The lowest BCUT2D eigenvalue weighted by Gasteiger charge is -2.28. The molecule has 0 bridgehead atoms. The fraction of sp³-hybridized carbons (Fsp3) is 0.667. The summed E-state index contributed by atoms with van der Waals surface area (Å²) in [6.07, 6.45) is 3.42. The molecule has 0 unspecified atom stereocenters. The Labute approximate surface area is 128 Å². The molecule has 1 atom stereocenters. The zero-order valence-corrected chi connectivity index (χ0v) is 13.6. The Bertz CT molecular complexity index is 439. The summed E-state index contributed by atoms with van der Waals surface area (Å²) in [5, 5.41) is 10.1. The summed E-state index contributed by atoms with van der Waals surface area (Å²) in [5.41, 5.74) is 2.62. The molecule has 0 spiro atoms. The van der Waals surface area contributed by atoms with Gasteiger partial charge in [0.15, 0.2) is 0 Å². The predicted molar refractivity (Wildman–Crippen MR) is 87.1 cm³/mol. The van der Waals surface area contributed by atoms with Crippen LogP contribution in [0.2, 0.25) is 0 Å². The van der Waals surface area contributed by atoms with Crippen molar-refractivity contribution in [2.75, 3.05) is 26.2 Å². The second-order valence-electron chi connectivity index (χ2n) is 6.50. The number of β-amino-alcohol motifs (C(OH)–C–C–N with tert-alkyl or cyclic N) is 1. The summed E-state index contributed by atoms with van der Waals surface area (Å²) in [4.78, 5) is 2.34. The molecule has 1 aromatic carbocycles. The second kappa shape index (κ2) is 7.81. The third-order valence-electron chi connectivity index (χ3n) is 4.22. The van der Waals surface area contributed by atoms with Gasteiger partial charge in [0.1, 0.15) is 18.5 Å². The summed E-state index contributed by atoms with van der Waals surface area (Å²) >= 11 is 0. The number of piperidine rings is 1. The number of rotatable bonds is 6. The van der Waals surface area contributed by atoms with Crippen LogP contribution >= 0.6 is 0 Å². The molecular weight excluding hydrogens is 262 g/mol. The van der Waals surface area contributed by atoms with Crippen LogP contribution < -0.4 is 4.74 Å². The largest absolute Gasteiger partial charge is 0.491 e. The highest BCUT2D eigenvalue weighted by Gasteiger charge is 2.15. The Hall–Kier alpha value is -1.06. The Balaban J connectivity index is 1.80. The van der Waals surface area contributed by atoms with E-state index in [1.54, 1.807) is 0 Å². The molecule has 21 heavy (non-hydrogen) atoms. The summed E-state index contributed by atoms with van der Waals surface area (Å²) < 4.78 is 5.75. The van der Waals surface area contributed by atoms with Gasteiger partial charge in [-0.25, -0.2) is 0 Å². The first-order chi connectivity index (χ1) is 10.1. The molecule has 118 valence electrons. The van der Waals surface area contributed by atoms with Crippen molar-refractivity contribution in [2.24, 2.45) is 0 Å². The molecule has 1 fully saturated rings. The predicted octanol–water partition coefficient (Wildman–Crippen LogP) is 3.34. The van der Waals surface area contributed by atoms with E-state index in [9.17, 15) is 5.11 Å². The lowest BCUT2D eigenvalue weighted by molar-refractivity contribution is 0.0617. The number of likely N-dealkylation sites (tertiary alicyclic amines) is 1. The van der Waals surface area contributed by atoms with E-state index in [1.807, 2.05) is 6.07 Å². The van der Waals surface area contributed by atoms with Crippen LogP contribution in [0.25, 0.3) is 0 Å². The first-order valence-corrected chi connectivity index (χ1v) is 8.20. The van der Waals surface area contributed by atoms with E-state index in [0.29, 0.717) is 12.5 Å². The average Bonchev–Trinajstić information content (AvgIpc) is 2.46. The summed E-state index contributed by atoms with van der Waals surface area (Å²) in [5.74, 6) is 1.39. The quantitative estimate of drug-likeness (QED) is 0.872. The molecule has 1 aromatic rings. The lowest BCUT2D eigenvalue weighted by Crippen LogP contribution is -2.38. The van der Waals surface area contributed by atoms with Gasteiger partial charge in [0.05, 0.1) is 0 Å². The van der Waals surface area contributed by atoms with Gasteiger partial charge in [0.2, 0.25) is 0 Å². The zero-order valence-electron chi connectivity index (χ0n) is 13.6. The highest BCUT2D eigenvalue weighted by Crippen LogP contribution is 2.23. The summed E-state index contributed by atoms with van der Waals surface area (Å²) in [6.45, 7) is 9.83. The van der Waals surface area contributed by atoms with Crippen molar-refractivity contribution in [3.05, 3.63) is 29.3 Å². The van der Waals surface area contributed by atoms with Crippen LogP contribution in [0.4, 0.5) is 0 Å². The molecular formula is C18H29NO2. The highest BCUT2D eigenvalue weighted by molar-refractivity contribution is 5.36. The fourth-order valence-corrected chi connectivity index (χ4v) is 3.07. The number of hydrogen-bond donors (Lipinski definition) is 1. The second-order valence-corrected chi connectivity index (χ2v) is 6.50. The van der Waals surface area contributed by atoms with Gasteiger partial charge in [-0.15, -0.1) is 0 Å². The van der Waals surface area contributed by atoms with Crippen LogP contribution in [0.1, 0.15) is 50.2 Å². The van der Waals surface area contributed by atoms with Gasteiger partial charge in [0, 0.05) is 6.54 Å². The molecule has 1 aliphatic rings. The third kappa shape index (κ3) is 5.01. The van der Waals surface area contributed by atoms with Gasteiger partial charge in [-0.1, -0.05) is 26.3 Å². The maximum absolute atomic E-state index is 10.1. The minimum absolute atomic E-state index is 0.372. The smallest absolute Gasteiger partial charge is 0.119 e. The Morgan fingerprint density at radius 3 is 2.52 bits per heavy atom. The van der Waals surface area contributed by atoms with Crippen LogP contribution in [0.15, 0.2) is 18.2 Å². The van der Waals surface area contributed by atoms with Crippen LogP contribution in [0, 0.1) is 6.92 Å². The molecule has 0 saturated carbocycles. The maximum atomic E-state index is 10.1. The lowest BCUT2D eigenvalue weighted by atomic mass is 9.98. The van der Waals surface area contributed by atoms with Gasteiger partial charge < -0.3 is 14.7 Å². The number of benzene rings is 1. The number of aliphatic hydroxyl groups is 1. The van der Waals surface area contributed by atoms with Crippen molar-refractivity contribution in [3.63, 3.8) is 0 Å². The number of aryl methyl sites for hydroxylation is 1. The molecule has 2 rings (SSSR count). The average molecular weight is 291 g/mol. The standard InChI is InChI=1S/C18H29NO2/c1-14(2)18-8-7-17(11-15(18)3)21-13-16(20)12-19-9-5-4-6-10-19/h7-8,11,14,16,20H,4-6,9-10,12-13H2,1-3H3/t16-/m1/s1. The molecule has 1 N–H and O–H groups in total. The molecule has 1 saturated heterocycles. The number of aliphatic hydroxyl groups excluding tert-OH is 1. The number of nitrogens with zero attached hydrogens (tertiary/aromatic N) is 1. The first kappa shape index (κ1) is 16.3. The van der Waals surface area contributed by atoms with Crippen LogP contribution in [-0.4, -0.2) is 42.4 Å². The first-order valence-electron chi connectivity index (χ1n) is 8.20. The summed E-state index contributed by atoms with van der Waals surface area (Å²) in [7, 11) is 0. The van der Waals surface area contributed by atoms with E-state index in [0.717, 1.165) is 25.4 Å². The molecule has 3 nitrogen and oxygen atoms in total. The minimum Gasteiger partial charge on any atom is -0.491 e. The topological polar surface area (TPSA) is 32.7 Å². The van der Waals surface area contributed by atoms with Crippen LogP contribution in [0.3, 0.4) is 0 Å². The summed E-state index contributed by atoms with van der Waals surface area (Å²) in [6, 6.07) is 6.21. The van der Waals surface area contributed by atoms with Crippen molar-refractivity contribution < 1.29 is 9.84 Å². The van der Waals surface area contributed by atoms with Crippen molar-refractivity contribution in [1.82, 2.24) is 4.90 Å². The van der Waals surface area contributed by atoms with E-state index >= 15 is 0 Å². The van der Waals surface area contributed by atoms with E-state index in [2.05, 4.69) is 37.8 Å². The highest BCUT2D eigenvalue weighted by atomic mass is 16.5. The van der Waals surface area contributed by atoms with Crippen LogP contribution in [-0.2, 0) is 0 Å². The zero-order chi connectivity index (χ0) is 15.2. The molecule has 1 aliphatic heterocycles. The van der Waals surface area contributed by atoms with Gasteiger partial charge in [-0.3, -0.25) is 0 Å². The third-order valence-corrected chi connectivity index (χ3v) is 4.22.